The number of amides is 1. The molecule has 7 heteroatoms. The predicted molar refractivity (Wildman–Crippen MR) is 154 cm³/mol. The summed E-state index contributed by atoms with van der Waals surface area (Å²) < 4.78 is 12.8. The van der Waals surface area contributed by atoms with Gasteiger partial charge in [-0.2, -0.15) is 0 Å². The second kappa shape index (κ2) is 14.5. The number of aliphatic hydroxyl groups is 1. The molecule has 0 bridgehead atoms. The van der Waals surface area contributed by atoms with E-state index in [1.165, 1.54) is 5.56 Å². The molecule has 210 valence electrons. The Hall–Kier alpha value is -2.61. The monoisotopic (exact) mass is 525 g/mol. The van der Waals surface area contributed by atoms with Gasteiger partial charge in [-0.1, -0.05) is 37.3 Å². The van der Waals surface area contributed by atoms with Crippen LogP contribution >= 0.6 is 0 Å². The van der Waals surface area contributed by atoms with E-state index in [4.69, 9.17) is 9.47 Å². The van der Waals surface area contributed by atoms with E-state index in [0.717, 1.165) is 38.0 Å². The van der Waals surface area contributed by atoms with E-state index >= 15 is 0 Å². The summed E-state index contributed by atoms with van der Waals surface area (Å²) >= 11 is 0. The molecule has 2 aromatic rings. The van der Waals surface area contributed by atoms with Crippen molar-refractivity contribution in [2.75, 3.05) is 52.3 Å². The van der Waals surface area contributed by atoms with Gasteiger partial charge in [-0.25, -0.2) is 0 Å². The van der Waals surface area contributed by atoms with Crippen LogP contribution in [0.25, 0.3) is 0 Å². The average Bonchev–Trinajstić information content (AvgIpc) is 2.90. The topological polar surface area (TPSA) is 65.5 Å². The Bertz CT molecular complexity index is 1000. The fourth-order valence-corrected chi connectivity index (χ4v) is 4.92. The summed E-state index contributed by atoms with van der Waals surface area (Å²) in [6, 6.07) is 15.9. The number of rotatable bonds is 7. The van der Waals surface area contributed by atoms with Gasteiger partial charge in [0.05, 0.1) is 30.4 Å². The second-order valence-electron chi connectivity index (χ2n) is 11.1. The predicted octanol–water partition coefficient (Wildman–Crippen LogP) is 4.68. The maximum Gasteiger partial charge on any atom is 0.258 e. The zero-order valence-electron chi connectivity index (χ0n) is 24.1. The van der Waals surface area contributed by atoms with E-state index in [1.54, 1.807) is 4.90 Å². The third-order valence-electron chi connectivity index (χ3n) is 7.34. The van der Waals surface area contributed by atoms with Gasteiger partial charge in [0, 0.05) is 51.9 Å². The molecule has 0 saturated carbocycles. The molecule has 38 heavy (non-hydrogen) atoms. The lowest BCUT2D eigenvalue weighted by Gasteiger charge is -2.36. The number of anilines is 1. The molecule has 0 radical (unpaired) electrons. The fraction of sp³-hybridized carbons (Fsp3) is 0.581. The van der Waals surface area contributed by atoms with Crippen molar-refractivity contribution in [3.8, 4) is 5.75 Å². The molecule has 4 atom stereocenters. The first-order valence-electron chi connectivity index (χ1n) is 13.9. The zero-order chi connectivity index (χ0) is 27.7. The number of carbonyl (C=O) groups is 1. The standard InChI is InChI=1S/C31H47N3O4/c1-23-19-34(24(2)22-35)31(36)28-18-27(32(4)5)15-16-29(28)38-25(3)12-10-11-17-37-30(23)21-33(6)20-26-13-8-7-9-14-26/h7-9,13-16,18,23-25,30,35H,10-12,17,19-22H2,1-6H3/t23-,24+,25+,30-/m0/s1. The number of likely N-dealkylation sites (N-methyl/N-ethyl adjacent to an activating group) is 1. The maximum absolute atomic E-state index is 14.1. The van der Waals surface area contributed by atoms with E-state index in [2.05, 4.69) is 50.1 Å². The minimum Gasteiger partial charge on any atom is -0.490 e. The highest BCUT2D eigenvalue weighted by atomic mass is 16.5. The number of aliphatic hydroxyl groups excluding tert-OH is 1. The molecule has 0 saturated heterocycles. The van der Waals surface area contributed by atoms with Crippen molar-refractivity contribution in [1.29, 1.82) is 0 Å². The highest BCUT2D eigenvalue weighted by Gasteiger charge is 2.30. The van der Waals surface area contributed by atoms with Gasteiger partial charge >= 0.3 is 0 Å². The lowest BCUT2D eigenvalue weighted by Crippen LogP contribution is -2.47. The quantitative estimate of drug-likeness (QED) is 0.566. The van der Waals surface area contributed by atoms with E-state index < -0.39 is 0 Å². The number of fused-ring (bicyclic) bond motifs is 1. The number of nitrogens with zero attached hydrogens (tertiary/aromatic N) is 3. The smallest absolute Gasteiger partial charge is 0.258 e. The van der Waals surface area contributed by atoms with Crippen LogP contribution in [0.3, 0.4) is 0 Å². The van der Waals surface area contributed by atoms with Gasteiger partial charge in [0.2, 0.25) is 0 Å². The Morgan fingerprint density at radius 2 is 1.82 bits per heavy atom. The molecule has 0 aliphatic carbocycles. The highest BCUT2D eigenvalue weighted by molar-refractivity contribution is 5.98. The van der Waals surface area contributed by atoms with Gasteiger partial charge in [0.15, 0.2) is 0 Å². The molecule has 1 heterocycles. The van der Waals surface area contributed by atoms with E-state index in [0.29, 0.717) is 24.5 Å². The van der Waals surface area contributed by atoms with Gasteiger partial charge in [-0.15, -0.1) is 0 Å². The Morgan fingerprint density at radius 1 is 1.08 bits per heavy atom. The van der Waals surface area contributed by atoms with Crippen molar-refractivity contribution >= 4 is 11.6 Å². The highest BCUT2D eigenvalue weighted by Crippen LogP contribution is 2.29. The minimum absolute atomic E-state index is 0.0230. The molecular formula is C31H47N3O4. The normalized spacial score (nSPS) is 22.4. The number of ether oxygens (including phenoxy) is 2. The summed E-state index contributed by atoms with van der Waals surface area (Å²) in [5.74, 6) is 0.538. The van der Waals surface area contributed by atoms with Crippen LogP contribution in [-0.4, -0.2) is 86.5 Å². The SMILES string of the molecule is C[C@@H]1CCCCO[C@@H](CN(C)Cc2ccccc2)[C@@H](C)CN([C@H](C)CO)C(=O)c2cc(N(C)C)ccc2O1. The Morgan fingerprint density at radius 3 is 2.50 bits per heavy atom. The van der Waals surface area contributed by atoms with Crippen LogP contribution in [0.4, 0.5) is 5.69 Å². The Labute approximate surface area is 229 Å². The molecular weight excluding hydrogens is 478 g/mol. The van der Waals surface area contributed by atoms with Gasteiger partial charge in [0.1, 0.15) is 5.75 Å². The van der Waals surface area contributed by atoms with Gasteiger partial charge in [0.25, 0.3) is 5.91 Å². The first kappa shape index (κ1) is 29.9. The van der Waals surface area contributed by atoms with Crippen LogP contribution < -0.4 is 9.64 Å². The minimum atomic E-state index is -0.339. The number of carbonyl (C=O) groups excluding carboxylic acids is 1. The summed E-state index contributed by atoms with van der Waals surface area (Å²) in [5.41, 5.74) is 2.73. The first-order valence-corrected chi connectivity index (χ1v) is 13.9. The molecule has 3 rings (SSSR count). The van der Waals surface area contributed by atoms with E-state index in [-0.39, 0.29) is 36.7 Å². The molecule has 1 amide bonds. The van der Waals surface area contributed by atoms with E-state index in [1.807, 2.05) is 50.2 Å². The van der Waals surface area contributed by atoms with Crippen LogP contribution in [0.1, 0.15) is 56.0 Å². The fourth-order valence-electron chi connectivity index (χ4n) is 4.92. The van der Waals surface area contributed by atoms with Crippen molar-refractivity contribution in [2.24, 2.45) is 5.92 Å². The average molecular weight is 526 g/mol. The third kappa shape index (κ3) is 8.45. The molecule has 0 aromatic heterocycles. The van der Waals surface area contributed by atoms with Gasteiger partial charge in [-0.3, -0.25) is 9.69 Å². The van der Waals surface area contributed by atoms with Crippen LogP contribution in [0.5, 0.6) is 5.75 Å². The van der Waals surface area contributed by atoms with Gasteiger partial charge < -0.3 is 24.4 Å². The zero-order valence-corrected chi connectivity index (χ0v) is 24.1. The van der Waals surface area contributed by atoms with Crippen LogP contribution in [0.15, 0.2) is 48.5 Å². The summed E-state index contributed by atoms with van der Waals surface area (Å²) in [6.07, 6.45) is 2.77. The van der Waals surface area contributed by atoms with Crippen LogP contribution in [-0.2, 0) is 11.3 Å². The number of hydrogen-bond donors (Lipinski definition) is 1. The molecule has 1 aliphatic heterocycles. The molecule has 1 N–H and O–H groups in total. The second-order valence-corrected chi connectivity index (χ2v) is 11.1. The summed E-state index contributed by atoms with van der Waals surface area (Å²) in [4.78, 5) is 20.1. The van der Waals surface area contributed by atoms with Crippen molar-refractivity contribution in [1.82, 2.24) is 9.80 Å². The maximum atomic E-state index is 14.1. The molecule has 0 fully saturated rings. The molecule has 0 unspecified atom stereocenters. The lowest BCUT2D eigenvalue weighted by atomic mass is 10.0. The summed E-state index contributed by atoms with van der Waals surface area (Å²) in [7, 11) is 6.04. The Balaban J connectivity index is 1.90. The Kier molecular flexibility index (Phi) is 11.4. The number of benzene rings is 2. The van der Waals surface area contributed by atoms with Crippen LogP contribution in [0, 0.1) is 5.92 Å². The largest absolute Gasteiger partial charge is 0.490 e. The summed E-state index contributed by atoms with van der Waals surface area (Å²) in [5, 5.41) is 10.1. The van der Waals surface area contributed by atoms with Crippen molar-refractivity contribution < 1.29 is 19.4 Å². The number of hydrogen-bond acceptors (Lipinski definition) is 6. The van der Waals surface area contributed by atoms with Gasteiger partial charge in [-0.05, 0) is 63.9 Å². The molecule has 1 aliphatic rings. The van der Waals surface area contributed by atoms with Crippen molar-refractivity contribution in [2.45, 2.75) is 64.8 Å². The molecule has 2 aromatic carbocycles. The van der Waals surface area contributed by atoms with Crippen molar-refractivity contribution in [3.63, 3.8) is 0 Å². The van der Waals surface area contributed by atoms with Crippen molar-refractivity contribution in [3.05, 3.63) is 59.7 Å². The molecule has 0 spiro atoms. The molecule has 7 nitrogen and oxygen atoms in total. The van der Waals surface area contributed by atoms with Crippen LogP contribution in [0.2, 0.25) is 0 Å². The lowest BCUT2D eigenvalue weighted by molar-refractivity contribution is -0.0177. The van der Waals surface area contributed by atoms with E-state index in [9.17, 15) is 9.90 Å². The summed E-state index contributed by atoms with van der Waals surface area (Å²) in [6.45, 7) is 8.72. The third-order valence-corrected chi connectivity index (χ3v) is 7.34. The first-order chi connectivity index (χ1) is 18.2.